The number of nitrogens with zero attached hydrogens (tertiary/aromatic N) is 1. The van der Waals surface area contributed by atoms with E-state index in [4.69, 9.17) is 0 Å². The van der Waals surface area contributed by atoms with Crippen LogP contribution in [0.3, 0.4) is 0 Å². The van der Waals surface area contributed by atoms with E-state index in [1.807, 2.05) is 25.7 Å². The lowest BCUT2D eigenvalue weighted by atomic mass is 10.2. The predicted molar refractivity (Wildman–Crippen MR) is 74.5 cm³/mol. The third kappa shape index (κ3) is 4.97. The highest BCUT2D eigenvalue weighted by molar-refractivity contribution is 6.78. The zero-order valence-corrected chi connectivity index (χ0v) is 12.7. The SMILES string of the molecule is C/C=C/C(CC(=O)N(CC)CC)[Si](C)(C)C. The van der Waals surface area contributed by atoms with Crippen LogP contribution in [-0.2, 0) is 4.79 Å². The standard InChI is InChI=1S/C13H27NOSi/c1-7-10-12(16(4,5)6)11-13(15)14(8-2)9-3/h7,10,12H,8-9,11H2,1-6H3/b10-7+. The van der Waals surface area contributed by atoms with Crippen LogP contribution in [0.4, 0.5) is 0 Å². The Morgan fingerprint density at radius 1 is 1.25 bits per heavy atom. The third-order valence-corrected chi connectivity index (χ3v) is 5.67. The van der Waals surface area contributed by atoms with Gasteiger partial charge in [-0.25, -0.2) is 0 Å². The number of hydrogen-bond acceptors (Lipinski definition) is 1. The molecule has 0 aromatic carbocycles. The molecule has 0 saturated heterocycles. The molecule has 0 rings (SSSR count). The van der Waals surface area contributed by atoms with Gasteiger partial charge in [0.05, 0.1) is 8.07 Å². The second-order valence-electron chi connectivity index (χ2n) is 5.27. The van der Waals surface area contributed by atoms with Gasteiger partial charge in [-0.2, -0.15) is 0 Å². The van der Waals surface area contributed by atoms with Gasteiger partial charge in [-0.1, -0.05) is 31.8 Å². The van der Waals surface area contributed by atoms with E-state index in [1.54, 1.807) is 0 Å². The molecule has 0 heterocycles. The van der Waals surface area contributed by atoms with Crippen LogP contribution in [0.1, 0.15) is 27.2 Å². The van der Waals surface area contributed by atoms with Crippen LogP contribution in [0.15, 0.2) is 12.2 Å². The van der Waals surface area contributed by atoms with Gasteiger partial charge in [0.1, 0.15) is 0 Å². The number of carbonyl (C=O) groups excluding carboxylic acids is 1. The summed E-state index contributed by atoms with van der Waals surface area (Å²) < 4.78 is 0. The van der Waals surface area contributed by atoms with Crippen LogP contribution in [0.25, 0.3) is 0 Å². The van der Waals surface area contributed by atoms with Crippen LogP contribution in [-0.4, -0.2) is 32.0 Å². The van der Waals surface area contributed by atoms with Gasteiger partial charge in [-0.05, 0) is 26.3 Å². The van der Waals surface area contributed by atoms with Crippen molar-refractivity contribution in [1.29, 1.82) is 0 Å². The highest BCUT2D eigenvalue weighted by atomic mass is 28.3. The molecule has 0 aromatic rings. The average Bonchev–Trinajstić information content (AvgIpc) is 2.17. The Kier molecular flexibility index (Phi) is 6.64. The second-order valence-corrected chi connectivity index (χ2v) is 10.7. The Labute approximate surface area is 102 Å². The topological polar surface area (TPSA) is 20.3 Å². The molecule has 1 amide bonds. The summed E-state index contributed by atoms with van der Waals surface area (Å²) in [4.78, 5) is 14.0. The summed E-state index contributed by atoms with van der Waals surface area (Å²) >= 11 is 0. The van der Waals surface area contributed by atoms with Crippen molar-refractivity contribution >= 4 is 14.0 Å². The molecule has 0 aliphatic carbocycles. The average molecular weight is 241 g/mol. The van der Waals surface area contributed by atoms with Gasteiger partial charge in [-0.15, -0.1) is 0 Å². The maximum Gasteiger partial charge on any atom is 0.222 e. The minimum Gasteiger partial charge on any atom is -0.343 e. The molecule has 2 nitrogen and oxygen atoms in total. The normalized spacial score (nSPS) is 14.1. The summed E-state index contributed by atoms with van der Waals surface area (Å²) in [5.74, 6) is 0.301. The van der Waals surface area contributed by atoms with Crippen molar-refractivity contribution in [3.63, 3.8) is 0 Å². The molecule has 16 heavy (non-hydrogen) atoms. The number of hydrogen-bond donors (Lipinski definition) is 0. The Hall–Kier alpha value is -0.573. The van der Waals surface area contributed by atoms with E-state index in [1.165, 1.54) is 0 Å². The van der Waals surface area contributed by atoms with Crippen molar-refractivity contribution in [1.82, 2.24) is 4.90 Å². The van der Waals surface area contributed by atoms with E-state index in [2.05, 4.69) is 31.8 Å². The zero-order valence-electron chi connectivity index (χ0n) is 11.7. The van der Waals surface area contributed by atoms with E-state index in [0.717, 1.165) is 13.1 Å². The van der Waals surface area contributed by atoms with Crippen molar-refractivity contribution in [3.05, 3.63) is 12.2 Å². The van der Waals surface area contributed by atoms with Crippen LogP contribution in [0, 0.1) is 0 Å². The van der Waals surface area contributed by atoms with Gasteiger partial charge < -0.3 is 4.90 Å². The van der Waals surface area contributed by atoms with Gasteiger partial charge in [0.2, 0.25) is 5.91 Å². The highest BCUT2D eigenvalue weighted by Gasteiger charge is 2.27. The van der Waals surface area contributed by atoms with E-state index in [-0.39, 0.29) is 0 Å². The molecule has 0 aromatic heterocycles. The first kappa shape index (κ1) is 15.4. The van der Waals surface area contributed by atoms with Gasteiger partial charge in [0.25, 0.3) is 0 Å². The van der Waals surface area contributed by atoms with Crippen molar-refractivity contribution < 1.29 is 4.79 Å². The molecule has 0 saturated carbocycles. The van der Waals surface area contributed by atoms with Crippen molar-refractivity contribution in [2.75, 3.05) is 13.1 Å². The number of rotatable bonds is 6. The molecular weight excluding hydrogens is 214 g/mol. The molecular formula is C13H27NOSi. The lowest BCUT2D eigenvalue weighted by Crippen LogP contribution is -2.35. The summed E-state index contributed by atoms with van der Waals surface area (Å²) in [5.41, 5.74) is 0.464. The Bertz CT molecular complexity index is 239. The van der Waals surface area contributed by atoms with Crippen molar-refractivity contribution in [2.24, 2.45) is 0 Å². The molecule has 0 radical (unpaired) electrons. The largest absolute Gasteiger partial charge is 0.343 e. The van der Waals surface area contributed by atoms with Crippen LogP contribution < -0.4 is 0 Å². The minimum absolute atomic E-state index is 0.301. The Morgan fingerprint density at radius 2 is 1.75 bits per heavy atom. The van der Waals surface area contributed by atoms with E-state index in [9.17, 15) is 4.79 Å². The van der Waals surface area contributed by atoms with Crippen molar-refractivity contribution in [3.8, 4) is 0 Å². The summed E-state index contributed by atoms with van der Waals surface area (Å²) in [6.45, 7) is 14.7. The number of amides is 1. The fourth-order valence-electron chi connectivity index (χ4n) is 1.79. The first-order chi connectivity index (χ1) is 7.36. The monoisotopic (exact) mass is 241 g/mol. The van der Waals surface area contributed by atoms with Gasteiger partial charge >= 0.3 is 0 Å². The molecule has 94 valence electrons. The summed E-state index contributed by atoms with van der Waals surface area (Å²) in [6, 6.07) is 0. The molecule has 3 heteroatoms. The van der Waals surface area contributed by atoms with Crippen LogP contribution >= 0.6 is 0 Å². The smallest absolute Gasteiger partial charge is 0.222 e. The second kappa shape index (κ2) is 6.89. The maximum absolute atomic E-state index is 12.1. The van der Waals surface area contributed by atoms with Gasteiger partial charge in [0.15, 0.2) is 0 Å². The quantitative estimate of drug-likeness (QED) is 0.514. The molecule has 0 bridgehead atoms. The lowest BCUT2D eigenvalue weighted by Gasteiger charge is -2.28. The number of allylic oxidation sites excluding steroid dienone is 2. The zero-order chi connectivity index (χ0) is 12.8. The van der Waals surface area contributed by atoms with E-state index >= 15 is 0 Å². The Balaban J connectivity index is 4.58. The van der Waals surface area contributed by atoms with Crippen molar-refractivity contribution in [2.45, 2.75) is 52.4 Å². The molecule has 0 N–H and O–H groups in total. The molecule has 0 aliphatic rings. The fourth-order valence-corrected chi connectivity index (χ4v) is 3.35. The van der Waals surface area contributed by atoms with Gasteiger partial charge in [0, 0.05) is 19.5 Å². The lowest BCUT2D eigenvalue weighted by molar-refractivity contribution is -0.130. The maximum atomic E-state index is 12.1. The van der Waals surface area contributed by atoms with E-state index < -0.39 is 8.07 Å². The molecule has 0 aliphatic heterocycles. The summed E-state index contributed by atoms with van der Waals surface area (Å²) in [6.07, 6.45) is 4.98. The fraction of sp³-hybridized carbons (Fsp3) is 0.769. The van der Waals surface area contributed by atoms with Crippen LogP contribution in [0.2, 0.25) is 25.2 Å². The molecule has 1 unspecified atom stereocenters. The third-order valence-electron chi connectivity index (χ3n) is 3.05. The highest BCUT2D eigenvalue weighted by Crippen LogP contribution is 2.27. The minimum atomic E-state index is -1.28. The van der Waals surface area contributed by atoms with Gasteiger partial charge in [-0.3, -0.25) is 4.79 Å². The van der Waals surface area contributed by atoms with E-state index in [0.29, 0.717) is 17.9 Å². The van der Waals surface area contributed by atoms with Crippen LogP contribution in [0.5, 0.6) is 0 Å². The first-order valence-corrected chi connectivity index (χ1v) is 9.85. The number of carbonyl (C=O) groups is 1. The molecule has 0 fully saturated rings. The first-order valence-electron chi connectivity index (χ1n) is 6.27. The molecule has 0 spiro atoms. The molecule has 1 atom stereocenters. The predicted octanol–water partition coefficient (Wildman–Crippen LogP) is 3.53. The summed E-state index contributed by atoms with van der Waals surface area (Å²) in [7, 11) is -1.28. The summed E-state index contributed by atoms with van der Waals surface area (Å²) in [5, 5.41) is 0. The Morgan fingerprint density at radius 3 is 2.06 bits per heavy atom.